The molecule has 0 amide bonds. The van der Waals surface area contributed by atoms with Crippen molar-refractivity contribution in [3.63, 3.8) is 0 Å². The van der Waals surface area contributed by atoms with Crippen molar-refractivity contribution in [1.29, 1.82) is 0 Å². The van der Waals surface area contributed by atoms with E-state index in [1.54, 1.807) is 16.0 Å². The molecule has 0 bridgehead atoms. The second kappa shape index (κ2) is 5.34. The van der Waals surface area contributed by atoms with E-state index in [1.807, 2.05) is 18.6 Å². The monoisotopic (exact) mass is 292 g/mol. The lowest BCUT2D eigenvalue weighted by atomic mass is 10.0. The number of aryl methyl sites for hydroxylation is 1. The largest absolute Gasteiger partial charge is 0.464 e. The zero-order chi connectivity index (χ0) is 14.1. The van der Waals surface area contributed by atoms with Crippen molar-refractivity contribution in [2.24, 2.45) is 7.05 Å². The van der Waals surface area contributed by atoms with Gasteiger partial charge in [0.05, 0.1) is 19.3 Å². The maximum Gasteiger partial charge on any atom is 0.358 e. The van der Waals surface area contributed by atoms with Crippen LogP contribution in [0.2, 0.25) is 0 Å². The van der Waals surface area contributed by atoms with E-state index >= 15 is 0 Å². The number of carbonyl (C=O) groups is 1. The molecule has 0 fully saturated rings. The molecule has 0 spiro atoms. The third kappa shape index (κ3) is 2.34. The van der Waals surface area contributed by atoms with Crippen molar-refractivity contribution in [2.75, 3.05) is 13.7 Å². The van der Waals surface area contributed by atoms with Crippen LogP contribution >= 0.6 is 11.3 Å². The lowest BCUT2D eigenvalue weighted by Crippen LogP contribution is -2.31. The Labute approximate surface area is 121 Å². The third-order valence-corrected chi connectivity index (χ3v) is 4.31. The third-order valence-electron chi connectivity index (χ3n) is 3.55. The Bertz CT molecular complexity index is 621. The van der Waals surface area contributed by atoms with Gasteiger partial charge in [-0.1, -0.05) is 0 Å². The number of hydrogen-bond acceptors (Lipinski definition) is 6. The Morgan fingerprint density at radius 2 is 2.40 bits per heavy atom. The average molecular weight is 292 g/mol. The first-order valence-corrected chi connectivity index (χ1v) is 7.30. The molecule has 0 radical (unpaired) electrons. The van der Waals surface area contributed by atoms with Crippen LogP contribution in [-0.2, 0) is 31.3 Å². The summed E-state index contributed by atoms with van der Waals surface area (Å²) < 4.78 is 6.58. The smallest absolute Gasteiger partial charge is 0.358 e. The van der Waals surface area contributed by atoms with Crippen molar-refractivity contribution < 1.29 is 9.53 Å². The Morgan fingerprint density at radius 1 is 1.55 bits per heavy atom. The van der Waals surface area contributed by atoms with E-state index in [1.165, 1.54) is 7.11 Å². The minimum Gasteiger partial charge on any atom is -0.464 e. The van der Waals surface area contributed by atoms with Crippen molar-refractivity contribution in [1.82, 2.24) is 19.7 Å². The van der Waals surface area contributed by atoms with Gasteiger partial charge in [-0.3, -0.25) is 9.58 Å². The fourth-order valence-electron chi connectivity index (χ4n) is 2.54. The van der Waals surface area contributed by atoms with Crippen molar-refractivity contribution in [3.05, 3.63) is 33.5 Å². The van der Waals surface area contributed by atoms with Gasteiger partial charge in [-0.05, 0) is 6.42 Å². The first-order chi connectivity index (χ1) is 9.69. The van der Waals surface area contributed by atoms with Crippen LogP contribution in [0, 0.1) is 0 Å². The molecular formula is C13H16N4O2S. The summed E-state index contributed by atoms with van der Waals surface area (Å²) in [5.41, 5.74) is 2.57. The number of rotatable bonds is 3. The molecule has 3 rings (SSSR count). The zero-order valence-electron chi connectivity index (χ0n) is 11.5. The molecule has 1 aliphatic heterocycles. The molecule has 106 valence electrons. The van der Waals surface area contributed by atoms with Crippen LogP contribution in [-0.4, -0.2) is 39.3 Å². The molecule has 2 aromatic rings. The molecule has 0 N–H and O–H groups in total. The molecule has 0 atom stereocenters. The van der Waals surface area contributed by atoms with Crippen LogP contribution in [0.15, 0.2) is 11.6 Å². The van der Waals surface area contributed by atoms with Crippen LogP contribution in [0.5, 0.6) is 0 Å². The van der Waals surface area contributed by atoms with Crippen molar-refractivity contribution in [3.8, 4) is 0 Å². The van der Waals surface area contributed by atoms with Gasteiger partial charge in [0.1, 0.15) is 5.01 Å². The standard InChI is InChI=1S/C13H16N4O2S/c1-16-10-7-17(8-11-14-4-6-20-11)5-3-9(10)12(15-16)13(18)19-2/h4,6H,3,5,7-8H2,1-2H3. The number of nitrogens with zero attached hydrogens (tertiary/aromatic N) is 4. The van der Waals surface area contributed by atoms with Gasteiger partial charge in [0.25, 0.3) is 0 Å². The second-order valence-corrected chi connectivity index (χ2v) is 5.75. The summed E-state index contributed by atoms with van der Waals surface area (Å²) in [7, 11) is 3.26. The summed E-state index contributed by atoms with van der Waals surface area (Å²) in [6.07, 6.45) is 2.65. The highest BCUT2D eigenvalue weighted by Gasteiger charge is 2.27. The molecule has 0 saturated carbocycles. The lowest BCUT2D eigenvalue weighted by molar-refractivity contribution is 0.0591. The maximum atomic E-state index is 11.7. The zero-order valence-corrected chi connectivity index (χ0v) is 12.3. The summed E-state index contributed by atoms with van der Waals surface area (Å²) in [4.78, 5) is 18.4. The van der Waals surface area contributed by atoms with Gasteiger partial charge in [-0.15, -0.1) is 11.3 Å². The number of carbonyl (C=O) groups excluding carboxylic acids is 1. The molecule has 20 heavy (non-hydrogen) atoms. The lowest BCUT2D eigenvalue weighted by Gasteiger charge is -2.26. The first kappa shape index (κ1) is 13.3. The summed E-state index contributed by atoms with van der Waals surface area (Å²) >= 11 is 1.67. The predicted molar refractivity (Wildman–Crippen MR) is 74.5 cm³/mol. The molecular weight excluding hydrogens is 276 g/mol. The molecule has 0 unspecified atom stereocenters. The van der Waals surface area contributed by atoms with Gasteiger partial charge < -0.3 is 4.74 Å². The first-order valence-electron chi connectivity index (χ1n) is 6.43. The number of methoxy groups -OCH3 is 1. The topological polar surface area (TPSA) is 60.2 Å². The molecule has 6 nitrogen and oxygen atoms in total. The van der Waals surface area contributed by atoms with E-state index in [0.29, 0.717) is 5.69 Å². The highest BCUT2D eigenvalue weighted by Crippen LogP contribution is 2.24. The molecule has 7 heteroatoms. The average Bonchev–Trinajstić information content (AvgIpc) is 3.07. The van der Waals surface area contributed by atoms with E-state index in [9.17, 15) is 4.79 Å². The van der Waals surface area contributed by atoms with Gasteiger partial charge in [-0.2, -0.15) is 5.10 Å². The highest BCUT2D eigenvalue weighted by molar-refractivity contribution is 7.09. The van der Waals surface area contributed by atoms with Gasteiger partial charge in [-0.25, -0.2) is 9.78 Å². The predicted octanol–water partition coefficient (Wildman–Crippen LogP) is 1.22. The summed E-state index contributed by atoms with van der Waals surface area (Å²) in [6, 6.07) is 0. The summed E-state index contributed by atoms with van der Waals surface area (Å²) in [5, 5.41) is 7.40. The maximum absolute atomic E-state index is 11.7. The Balaban J connectivity index is 1.81. The van der Waals surface area contributed by atoms with Crippen LogP contribution < -0.4 is 0 Å². The Kier molecular flexibility index (Phi) is 3.54. The minimum atomic E-state index is -0.352. The van der Waals surface area contributed by atoms with Gasteiger partial charge >= 0.3 is 5.97 Å². The highest BCUT2D eigenvalue weighted by atomic mass is 32.1. The summed E-state index contributed by atoms with van der Waals surface area (Å²) in [5.74, 6) is -0.352. The number of aromatic nitrogens is 3. The van der Waals surface area contributed by atoms with E-state index in [2.05, 4.69) is 15.0 Å². The van der Waals surface area contributed by atoms with Crippen LogP contribution in [0.1, 0.15) is 26.8 Å². The number of fused-ring (bicyclic) bond motifs is 1. The van der Waals surface area contributed by atoms with Gasteiger partial charge in [0, 0.05) is 37.3 Å². The van der Waals surface area contributed by atoms with E-state index in [0.717, 1.165) is 42.3 Å². The van der Waals surface area contributed by atoms with Crippen LogP contribution in [0.3, 0.4) is 0 Å². The molecule has 0 aliphatic carbocycles. The fourth-order valence-corrected chi connectivity index (χ4v) is 3.20. The van der Waals surface area contributed by atoms with E-state index < -0.39 is 0 Å². The van der Waals surface area contributed by atoms with Gasteiger partial charge in [0.2, 0.25) is 0 Å². The Morgan fingerprint density at radius 3 is 3.10 bits per heavy atom. The SMILES string of the molecule is COC(=O)c1nn(C)c2c1CCN(Cc1nccs1)C2. The number of hydrogen-bond donors (Lipinski definition) is 0. The van der Waals surface area contributed by atoms with E-state index in [-0.39, 0.29) is 5.97 Å². The molecule has 0 aromatic carbocycles. The number of ether oxygens (including phenoxy) is 1. The Hall–Kier alpha value is -1.73. The van der Waals surface area contributed by atoms with Gasteiger partial charge in [0.15, 0.2) is 5.69 Å². The number of thiazole rings is 1. The molecule has 3 heterocycles. The second-order valence-electron chi connectivity index (χ2n) is 4.78. The normalized spacial score (nSPS) is 15.1. The van der Waals surface area contributed by atoms with E-state index in [4.69, 9.17) is 4.74 Å². The quantitative estimate of drug-likeness (QED) is 0.796. The molecule has 0 saturated heterocycles. The number of esters is 1. The van der Waals surface area contributed by atoms with Crippen molar-refractivity contribution in [2.45, 2.75) is 19.5 Å². The van der Waals surface area contributed by atoms with Crippen LogP contribution in [0.4, 0.5) is 0 Å². The summed E-state index contributed by atoms with van der Waals surface area (Å²) in [6.45, 7) is 2.54. The van der Waals surface area contributed by atoms with Crippen molar-refractivity contribution >= 4 is 17.3 Å². The minimum absolute atomic E-state index is 0.352. The molecule has 1 aliphatic rings. The fraction of sp³-hybridized carbons (Fsp3) is 0.462. The van der Waals surface area contributed by atoms with Crippen LogP contribution in [0.25, 0.3) is 0 Å². The molecule has 2 aromatic heterocycles.